The van der Waals surface area contributed by atoms with E-state index >= 15 is 0 Å². The highest BCUT2D eigenvalue weighted by atomic mass is 79.9. The van der Waals surface area contributed by atoms with Gasteiger partial charge in [0.25, 0.3) is 0 Å². The normalized spacial score (nSPS) is 12.2. The van der Waals surface area contributed by atoms with Crippen molar-refractivity contribution in [3.63, 3.8) is 0 Å². The number of carbonyl (C=O) groups is 1. The maximum atomic E-state index is 11.3. The second-order valence-corrected chi connectivity index (χ2v) is 5.25. The van der Waals surface area contributed by atoms with Crippen LogP contribution in [0.25, 0.3) is 0 Å². The van der Waals surface area contributed by atoms with E-state index in [9.17, 15) is 9.90 Å². The lowest BCUT2D eigenvalue weighted by Gasteiger charge is -2.14. The lowest BCUT2D eigenvalue weighted by molar-refractivity contribution is -0.138. The van der Waals surface area contributed by atoms with Crippen molar-refractivity contribution in [2.45, 2.75) is 6.04 Å². The summed E-state index contributed by atoms with van der Waals surface area (Å²) in [5, 5.41) is 16.8. The lowest BCUT2D eigenvalue weighted by atomic mass is 10.1. The zero-order valence-corrected chi connectivity index (χ0v) is 12.3. The summed E-state index contributed by atoms with van der Waals surface area (Å²) in [6, 6.07) is 4.28. The number of nitrogens with zero attached hydrogens (tertiary/aromatic N) is 2. The molecule has 0 spiro atoms. The molecule has 2 rings (SSSR count). The number of carboxylic acids is 1. The first-order chi connectivity index (χ1) is 8.97. The smallest absolute Gasteiger partial charge is 0.330 e. The molecule has 100 valence electrons. The lowest BCUT2D eigenvalue weighted by Crippen LogP contribution is -2.20. The Morgan fingerprint density at radius 1 is 1.58 bits per heavy atom. The molecular weight excluding hydrogens is 334 g/mol. The Hall–Kier alpha value is -1.53. The van der Waals surface area contributed by atoms with E-state index in [0.717, 1.165) is 0 Å². The van der Waals surface area contributed by atoms with Crippen molar-refractivity contribution in [3.8, 4) is 0 Å². The van der Waals surface area contributed by atoms with E-state index in [4.69, 9.17) is 11.6 Å². The summed E-state index contributed by atoms with van der Waals surface area (Å²) in [5.74, 6) is -0.973. The Bertz CT molecular complexity index is 615. The standard InChI is InChI=1S/C12H11BrClN3O2/c1-17-6-7(5-15-17)11(12(18)19)16-8-2-3-10(14)9(13)4-8/h2-6,11,16H,1H3,(H,18,19). The summed E-state index contributed by atoms with van der Waals surface area (Å²) in [6.07, 6.45) is 3.19. The van der Waals surface area contributed by atoms with Crippen LogP contribution in [0.3, 0.4) is 0 Å². The minimum atomic E-state index is -0.973. The molecule has 0 aliphatic carbocycles. The molecule has 0 aliphatic rings. The first-order valence-electron chi connectivity index (χ1n) is 5.40. The van der Waals surface area contributed by atoms with Crippen molar-refractivity contribution in [1.29, 1.82) is 0 Å². The maximum absolute atomic E-state index is 11.3. The van der Waals surface area contributed by atoms with Crippen LogP contribution in [-0.2, 0) is 11.8 Å². The number of rotatable bonds is 4. The highest BCUT2D eigenvalue weighted by Gasteiger charge is 2.21. The SMILES string of the molecule is Cn1cc(C(Nc2ccc(Cl)c(Br)c2)C(=O)O)cn1. The molecule has 1 aromatic heterocycles. The van der Waals surface area contributed by atoms with Gasteiger partial charge in [-0.25, -0.2) is 4.79 Å². The van der Waals surface area contributed by atoms with Gasteiger partial charge in [-0.1, -0.05) is 11.6 Å². The molecule has 2 N–H and O–H groups in total. The number of aryl methyl sites for hydroxylation is 1. The van der Waals surface area contributed by atoms with Crippen molar-refractivity contribution in [2.24, 2.45) is 7.05 Å². The molecule has 0 bridgehead atoms. The van der Waals surface area contributed by atoms with Crippen LogP contribution in [0.4, 0.5) is 5.69 Å². The first kappa shape index (κ1) is 13.9. The quantitative estimate of drug-likeness (QED) is 0.894. The molecule has 0 fully saturated rings. The van der Waals surface area contributed by atoms with E-state index in [-0.39, 0.29) is 0 Å². The third kappa shape index (κ3) is 3.27. The highest BCUT2D eigenvalue weighted by Crippen LogP contribution is 2.27. The van der Waals surface area contributed by atoms with E-state index in [1.807, 2.05) is 0 Å². The first-order valence-corrected chi connectivity index (χ1v) is 6.57. The van der Waals surface area contributed by atoms with Crippen molar-refractivity contribution in [3.05, 3.63) is 45.7 Å². The van der Waals surface area contributed by atoms with Crippen LogP contribution < -0.4 is 5.32 Å². The zero-order chi connectivity index (χ0) is 14.0. The average Bonchev–Trinajstić information content (AvgIpc) is 2.76. The highest BCUT2D eigenvalue weighted by molar-refractivity contribution is 9.10. The molecular formula is C12H11BrClN3O2. The average molecular weight is 345 g/mol. The van der Waals surface area contributed by atoms with Crippen molar-refractivity contribution in [1.82, 2.24) is 9.78 Å². The minimum absolute atomic E-state index is 0.568. The number of aromatic nitrogens is 2. The monoisotopic (exact) mass is 343 g/mol. The number of anilines is 1. The van der Waals surface area contributed by atoms with Gasteiger partial charge in [-0.15, -0.1) is 0 Å². The second kappa shape index (κ2) is 5.63. The van der Waals surface area contributed by atoms with E-state index in [1.165, 1.54) is 6.20 Å². The number of carboxylic acid groups (broad SMARTS) is 1. The Morgan fingerprint density at radius 3 is 2.84 bits per heavy atom. The Balaban J connectivity index is 2.26. The number of halogens is 2. The van der Waals surface area contributed by atoms with E-state index < -0.39 is 12.0 Å². The van der Waals surface area contributed by atoms with Crippen LogP contribution in [0, 0.1) is 0 Å². The van der Waals surface area contributed by atoms with Crippen molar-refractivity contribution < 1.29 is 9.90 Å². The number of nitrogens with one attached hydrogen (secondary N) is 1. The summed E-state index contributed by atoms with van der Waals surface area (Å²) in [6.45, 7) is 0. The van der Waals surface area contributed by atoms with Crippen LogP contribution in [0.1, 0.15) is 11.6 Å². The summed E-state index contributed by atoms with van der Waals surface area (Å²) < 4.78 is 2.26. The predicted molar refractivity (Wildman–Crippen MR) is 76.4 cm³/mol. The third-order valence-corrected chi connectivity index (χ3v) is 3.75. The van der Waals surface area contributed by atoms with E-state index in [1.54, 1.807) is 36.1 Å². The van der Waals surface area contributed by atoms with Crippen LogP contribution >= 0.6 is 27.5 Å². The van der Waals surface area contributed by atoms with Crippen LogP contribution in [0.15, 0.2) is 35.1 Å². The molecule has 0 amide bonds. The summed E-state index contributed by atoms with van der Waals surface area (Å²) in [7, 11) is 1.74. The van der Waals surface area contributed by atoms with Crippen LogP contribution in [0.2, 0.25) is 5.02 Å². The van der Waals surface area contributed by atoms with Gasteiger partial charge in [-0.2, -0.15) is 5.10 Å². The van der Waals surface area contributed by atoms with Crippen LogP contribution in [-0.4, -0.2) is 20.9 Å². The molecule has 0 aliphatic heterocycles. The topological polar surface area (TPSA) is 67.2 Å². The molecule has 0 radical (unpaired) electrons. The Morgan fingerprint density at radius 2 is 2.32 bits per heavy atom. The molecule has 1 atom stereocenters. The Labute approximate surface area is 123 Å². The minimum Gasteiger partial charge on any atom is -0.479 e. The molecule has 5 nitrogen and oxygen atoms in total. The molecule has 19 heavy (non-hydrogen) atoms. The summed E-state index contributed by atoms with van der Waals surface area (Å²) in [4.78, 5) is 11.3. The van der Waals surface area contributed by atoms with E-state index in [0.29, 0.717) is 20.7 Å². The summed E-state index contributed by atoms with van der Waals surface area (Å²) in [5.41, 5.74) is 1.24. The van der Waals surface area contributed by atoms with Gasteiger partial charge < -0.3 is 10.4 Å². The van der Waals surface area contributed by atoms with Crippen molar-refractivity contribution in [2.75, 3.05) is 5.32 Å². The van der Waals surface area contributed by atoms with Gasteiger partial charge in [0, 0.05) is 29.0 Å². The molecule has 7 heteroatoms. The fourth-order valence-electron chi connectivity index (χ4n) is 1.63. The maximum Gasteiger partial charge on any atom is 0.330 e. The number of hydrogen-bond donors (Lipinski definition) is 2. The summed E-state index contributed by atoms with van der Waals surface area (Å²) >= 11 is 9.19. The van der Waals surface area contributed by atoms with Gasteiger partial charge in [0.05, 0.1) is 11.2 Å². The Kier molecular flexibility index (Phi) is 4.11. The van der Waals surface area contributed by atoms with Gasteiger partial charge in [-0.05, 0) is 34.1 Å². The van der Waals surface area contributed by atoms with Gasteiger partial charge in [0.15, 0.2) is 6.04 Å². The van der Waals surface area contributed by atoms with Gasteiger partial charge in [0.1, 0.15) is 0 Å². The fraction of sp³-hybridized carbons (Fsp3) is 0.167. The van der Waals surface area contributed by atoms with Crippen LogP contribution in [0.5, 0.6) is 0 Å². The van der Waals surface area contributed by atoms with E-state index in [2.05, 4.69) is 26.3 Å². The molecule has 0 saturated carbocycles. The molecule has 2 aromatic rings. The number of hydrogen-bond acceptors (Lipinski definition) is 3. The zero-order valence-electron chi connectivity index (χ0n) is 9.97. The third-order valence-electron chi connectivity index (χ3n) is 2.54. The van der Waals surface area contributed by atoms with Gasteiger partial charge in [-0.3, -0.25) is 4.68 Å². The molecule has 1 aromatic carbocycles. The number of benzene rings is 1. The fourth-order valence-corrected chi connectivity index (χ4v) is 2.13. The molecule has 1 heterocycles. The predicted octanol–water partition coefficient (Wildman–Crippen LogP) is 3.07. The molecule has 1 unspecified atom stereocenters. The largest absolute Gasteiger partial charge is 0.479 e. The second-order valence-electron chi connectivity index (χ2n) is 3.99. The van der Waals surface area contributed by atoms with Crippen molar-refractivity contribution >= 4 is 39.2 Å². The van der Waals surface area contributed by atoms with Gasteiger partial charge in [0.2, 0.25) is 0 Å². The molecule has 0 saturated heterocycles. The number of aliphatic carboxylic acids is 1. The van der Waals surface area contributed by atoms with Gasteiger partial charge >= 0.3 is 5.97 Å².